The van der Waals surface area contributed by atoms with E-state index in [1.807, 2.05) is 20.2 Å². The number of carbonyl (C=O) groups excluding carboxylic acids is 2. The summed E-state index contributed by atoms with van der Waals surface area (Å²) in [4.78, 5) is 32.1. The van der Waals surface area contributed by atoms with E-state index in [1.54, 1.807) is 24.1 Å². The van der Waals surface area contributed by atoms with Gasteiger partial charge < -0.3 is 25.2 Å². The van der Waals surface area contributed by atoms with E-state index in [9.17, 15) is 9.59 Å². The van der Waals surface area contributed by atoms with Gasteiger partial charge in [-0.3, -0.25) is 9.78 Å². The summed E-state index contributed by atoms with van der Waals surface area (Å²) in [6.45, 7) is 5.04. The van der Waals surface area contributed by atoms with Crippen LogP contribution in [0.3, 0.4) is 0 Å². The van der Waals surface area contributed by atoms with E-state index in [1.165, 1.54) is 0 Å². The Morgan fingerprint density at radius 3 is 2.73 bits per heavy atom. The number of anilines is 1. The third-order valence-corrected chi connectivity index (χ3v) is 4.24. The van der Waals surface area contributed by atoms with E-state index in [0.29, 0.717) is 38.2 Å². The topological polar surface area (TPSA) is 86.8 Å². The molecule has 2 amide bonds. The second kappa shape index (κ2) is 9.96. The van der Waals surface area contributed by atoms with Gasteiger partial charge in [-0.2, -0.15) is 0 Å². The van der Waals surface area contributed by atoms with Gasteiger partial charge in [0.2, 0.25) is 0 Å². The van der Waals surface area contributed by atoms with Crippen LogP contribution in [0.4, 0.5) is 10.5 Å². The first-order chi connectivity index (χ1) is 12.5. The van der Waals surface area contributed by atoms with E-state index >= 15 is 0 Å². The summed E-state index contributed by atoms with van der Waals surface area (Å²) in [6.07, 6.45) is 2.78. The Balaban J connectivity index is 1.82. The molecule has 8 nitrogen and oxygen atoms in total. The van der Waals surface area contributed by atoms with Crippen molar-refractivity contribution in [2.75, 3.05) is 52.2 Å². The van der Waals surface area contributed by atoms with Gasteiger partial charge in [0.15, 0.2) is 0 Å². The molecule has 26 heavy (non-hydrogen) atoms. The van der Waals surface area contributed by atoms with E-state index < -0.39 is 0 Å². The smallest absolute Gasteiger partial charge is 0.409 e. The summed E-state index contributed by atoms with van der Waals surface area (Å²) < 4.78 is 5.01. The van der Waals surface area contributed by atoms with Crippen molar-refractivity contribution in [1.82, 2.24) is 20.1 Å². The lowest BCUT2D eigenvalue weighted by molar-refractivity contribution is 0.0856. The van der Waals surface area contributed by atoms with Crippen molar-refractivity contribution in [2.45, 2.75) is 25.8 Å². The second-order valence-electron chi connectivity index (χ2n) is 6.59. The van der Waals surface area contributed by atoms with Crippen LogP contribution in [0.15, 0.2) is 18.3 Å². The number of nitrogens with zero attached hydrogens (tertiary/aromatic N) is 3. The van der Waals surface area contributed by atoms with Crippen LogP contribution in [0.25, 0.3) is 0 Å². The Morgan fingerprint density at radius 1 is 1.35 bits per heavy atom. The van der Waals surface area contributed by atoms with E-state index in [0.717, 1.165) is 18.8 Å². The molecule has 1 aromatic rings. The Hall–Kier alpha value is -2.35. The summed E-state index contributed by atoms with van der Waals surface area (Å²) in [5.74, 6) is -0.184. The molecule has 0 aromatic carbocycles. The van der Waals surface area contributed by atoms with Crippen molar-refractivity contribution >= 4 is 17.7 Å². The van der Waals surface area contributed by atoms with Crippen molar-refractivity contribution in [3.8, 4) is 0 Å². The van der Waals surface area contributed by atoms with Gasteiger partial charge in [0, 0.05) is 44.1 Å². The fourth-order valence-electron chi connectivity index (χ4n) is 2.77. The van der Waals surface area contributed by atoms with Crippen molar-refractivity contribution in [3.63, 3.8) is 0 Å². The Kier molecular flexibility index (Phi) is 7.65. The largest absolute Gasteiger partial charge is 0.450 e. The number of carbonyl (C=O) groups is 2. The van der Waals surface area contributed by atoms with Gasteiger partial charge in [-0.1, -0.05) is 0 Å². The zero-order chi connectivity index (χ0) is 18.9. The summed E-state index contributed by atoms with van der Waals surface area (Å²) in [5.41, 5.74) is 1.27. The number of likely N-dealkylation sites (tertiary alicyclic amines) is 1. The molecule has 8 heteroatoms. The van der Waals surface area contributed by atoms with Crippen LogP contribution in [-0.2, 0) is 4.74 Å². The van der Waals surface area contributed by atoms with Crippen LogP contribution < -0.4 is 10.6 Å². The number of ether oxygens (including phenoxy) is 1. The van der Waals surface area contributed by atoms with Crippen LogP contribution in [0.1, 0.15) is 30.3 Å². The number of piperidine rings is 1. The summed E-state index contributed by atoms with van der Waals surface area (Å²) in [5, 5.41) is 6.30. The Labute approximate surface area is 154 Å². The molecule has 1 fully saturated rings. The molecule has 1 aliphatic rings. The number of hydrogen-bond acceptors (Lipinski definition) is 6. The predicted molar refractivity (Wildman–Crippen MR) is 100 cm³/mol. The lowest BCUT2D eigenvalue weighted by Gasteiger charge is -2.31. The van der Waals surface area contributed by atoms with Gasteiger partial charge in [0.05, 0.1) is 6.61 Å². The molecule has 2 heterocycles. The van der Waals surface area contributed by atoms with Gasteiger partial charge in [-0.05, 0) is 46.0 Å². The standard InChI is InChI=1S/C18H29N5O3/c1-4-26-18(25)23-10-6-14(7-11-23)21-17(24)16-13-15(5-8-20-16)19-9-12-22(2)3/h5,8,13-14H,4,6-7,9-12H2,1-3H3,(H,19,20)(H,21,24). The molecule has 0 radical (unpaired) electrons. The maximum Gasteiger partial charge on any atom is 0.409 e. The predicted octanol–water partition coefficient (Wildman–Crippen LogP) is 1.41. The molecule has 1 saturated heterocycles. The summed E-state index contributed by atoms with van der Waals surface area (Å²) in [7, 11) is 4.03. The maximum atomic E-state index is 12.5. The van der Waals surface area contributed by atoms with Crippen LogP contribution >= 0.6 is 0 Å². The molecular formula is C18H29N5O3. The lowest BCUT2D eigenvalue weighted by Crippen LogP contribution is -2.46. The van der Waals surface area contributed by atoms with Gasteiger partial charge in [-0.15, -0.1) is 0 Å². The minimum Gasteiger partial charge on any atom is -0.450 e. The molecule has 1 aromatic heterocycles. The van der Waals surface area contributed by atoms with Crippen molar-refractivity contribution < 1.29 is 14.3 Å². The zero-order valence-electron chi connectivity index (χ0n) is 15.8. The average molecular weight is 363 g/mol. The maximum absolute atomic E-state index is 12.5. The molecule has 0 aliphatic carbocycles. The first-order valence-electron chi connectivity index (χ1n) is 9.06. The molecule has 1 aliphatic heterocycles. The number of hydrogen-bond donors (Lipinski definition) is 2. The van der Waals surface area contributed by atoms with Crippen molar-refractivity contribution in [1.29, 1.82) is 0 Å². The monoisotopic (exact) mass is 363 g/mol. The van der Waals surface area contributed by atoms with Crippen LogP contribution in [-0.4, -0.2) is 79.7 Å². The quantitative estimate of drug-likeness (QED) is 0.762. The fraction of sp³-hybridized carbons (Fsp3) is 0.611. The number of pyridine rings is 1. The Bertz CT molecular complexity index is 600. The molecular weight excluding hydrogens is 334 g/mol. The number of nitrogens with one attached hydrogen (secondary N) is 2. The van der Waals surface area contributed by atoms with E-state index in [2.05, 4.69) is 20.5 Å². The first kappa shape index (κ1) is 20.0. The number of aromatic nitrogens is 1. The summed E-state index contributed by atoms with van der Waals surface area (Å²) >= 11 is 0. The highest BCUT2D eigenvalue weighted by molar-refractivity contribution is 5.93. The highest BCUT2D eigenvalue weighted by Gasteiger charge is 2.25. The lowest BCUT2D eigenvalue weighted by atomic mass is 10.1. The van der Waals surface area contributed by atoms with Crippen LogP contribution in [0.2, 0.25) is 0 Å². The third-order valence-electron chi connectivity index (χ3n) is 4.24. The fourth-order valence-corrected chi connectivity index (χ4v) is 2.77. The van der Waals surface area contributed by atoms with Gasteiger partial charge in [-0.25, -0.2) is 4.79 Å². The first-order valence-corrected chi connectivity index (χ1v) is 9.06. The average Bonchev–Trinajstić information content (AvgIpc) is 2.62. The molecule has 0 saturated carbocycles. The molecule has 0 spiro atoms. The minimum atomic E-state index is -0.282. The van der Waals surface area contributed by atoms with Gasteiger partial charge in [0.25, 0.3) is 5.91 Å². The minimum absolute atomic E-state index is 0.0420. The third kappa shape index (κ3) is 6.18. The molecule has 0 bridgehead atoms. The highest BCUT2D eigenvalue weighted by Crippen LogP contribution is 2.13. The SMILES string of the molecule is CCOC(=O)N1CCC(NC(=O)c2cc(NCCN(C)C)ccn2)CC1. The zero-order valence-corrected chi connectivity index (χ0v) is 15.8. The van der Waals surface area contributed by atoms with Gasteiger partial charge in [0.1, 0.15) is 5.69 Å². The van der Waals surface area contributed by atoms with E-state index in [-0.39, 0.29) is 18.0 Å². The molecule has 0 atom stereocenters. The van der Waals surface area contributed by atoms with Crippen LogP contribution in [0, 0.1) is 0 Å². The summed E-state index contributed by atoms with van der Waals surface area (Å²) in [6, 6.07) is 3.66. The number of amides is 2. The molecule has 144 valence electrons. The number of likely N-dealkylation sites (N-methyl/N-ethyl adjacent to an activating group) is 1. The second-order valence-corrected chi connectivity index (χ2v) is 6.59. The van der Waals surface area contributed by atoms with Crippen molar-refractivity contribution in [2.24, 2.45) is 0 Å². The van der Waals surface area contributed by atoms with Gasteiger partial charge >= 0.3 is 6.09 Å². The normalized spacial score (nSPS) is 15.0. The highest BCUT2D eigenvalue weighted by atomic mass is 16.6. The van der Waals surface area contributed by atoms with Crippen molar-refractivity contribution in [3.05, 3.63) is 24.0 Å². The molecule has 2 N–H and O–H groups in total. The Morgan fingerprint density at radius 2 is 2.08 bits per heavy atom. The molecule has 2 rings (SSSR count). The molecule has 0 unspecified atom stereocenters. The number of rotatable bonds is 7. The van der Waals surface area contributed by atoms with Crippen LogP contribution in [0.5, 0.6) is 0 Å². The van der Waals surface area contributed by atoms with E-state index in [4.69, 9.17) is 4.74 Å².